The average molecular weight is 299 g/mol. The highest BCUT2D eigenvalue weighted by molar-refractivity contribution is 5.95. The molecule has 0 saturated heterocycles. The van der Waals surface area contributed by atoms with Crippen LogP contribution in [0.2, 0.25) is 0 Å². The molecule has 21 heavy (non-hydrogen) atoms. The molecule has 0 unspecified atom stereocenters. The van der Waals surface area contributed by atoms with Gasteiger partial charge in [0.1, 0.15) is 5.54 Å². The van der Waals surface area contributed by atoms with Gasteiger partial charge in [-0.3, -0.25) is 19.8 Å². The molecule has 0 bridgehead atoms. The molecule has 1 saturated carbocycles. The molecule has 0 atom stereocenters. The van der Waals surface area contributed by atoms with Gasteiger partial charge in [0.25, 0.3) is 0 Å². The first-order valence-corrected chi connectivity index (χ1v) is 7.36. The monoisotopic (exact) mass is 299 g/mol. The number of imide groups is 1. The molecule has 0 spiro atoms. The fourth-order valence-corrected chi connectivity index (χ4v) is 2.47. The molecule has 3 amide bonds. The Morgan fingerprint density at radius 1 is 1.24 bits per heavy atom. The number of hydrogen-bond acceptors (Lipinski definition) is 4. The van der Waals surface area contributed by atoms with Crippen LogP contribution in [0.4, 0.5) is 4.79 Å². The zero-order chi connectivity index (χ0) is 16.0. The zero-order valence-electron chi connectivity index (χ0n) is 12.9. The molecule has 1 aliphatic rings. The van der Waals surface area contributed by atoms with E-state index < -0.39 is 23.4 Å². The molecule has 7 heteroatoms. The summed E-state index contributed by atoms with van der Waals surface area (Å²) in [7, 11) is 0. The van der Waals surface area contributed by atoms with E-state index in [0.29, 0.717) is 6.54 Å². The Balaban J connectivity index is 2.47. The summed E-state index contributed by atoms with van der Waals surface area (Å²) >= 11 is 0. The van der Waals surface area contributed by atoms with E-state index in [0.717, 1.165) is 25.7 Å². The minimum Gasteiger partial charge on any atom is -0.480 e. The van der Waals surface area contributed by atoms with E-state index in [2.05, 4.69) is 10.6 Å². The summed E-state index contributed by atoms with van der Waals surface area (Å²) < 4.78 is 0. The third-order valence-electron chi connectivity index (χ3n) is 3.97. The standard InChI is InChI=1S/C14H25N3O4/c1-4-17(14(2,3)12(19)20)9-11(18)16-13(21)15-10-7-5-6-8-10/h10H,4-9H2,1-3H3,(H,19,20)(H2,15,16,18,21). The zero-order valence-corrected chi connectivity index (χ0v) is 12.9. The van der Waals surface area contributed by atoms with Crippen molar-refractivity contribution in [3.8, 4) is 0 Å². The number of nitrogens with zero attached hydrogens (tertiary/aromatic N) is 1. The van der Waals surface area contributed by atoms with Crippen LogP contribution in [0.25, 0.3) is 0 Å². The van der Waals surface area contributed by atoms with Gasteiger partial charge in [-0.05, 0) is 33.2 Å². The maximum Gasteiger partial charge on any atom is 0.323 e. The lowest BCUT2D eigenvalue weighted by molar-refractivity contribution is -0.149. The molecule has 0 aromatic heterocycles. The summed E-state index contributed by atoms with van der Waals surface area (Å²) in [6.45, 7) is 5.11. The fourth-order valence-electron chi connectivity index (χ4n) is 2.47. The Morgan fingerprint density at radius 3 is 2.29 bits per heavy atom. The van der Waals surface area contributed by atoms with E-state index in [-0.39, 0.29) is 12.6 Å². The number of rotatable bonds is 6. The van der Waals surface area contributed by atoms with Crippen molar-refractivity contribution in [2.75, 3.05) is 13.1 Å². The molecule has 0 aliphatic heterocycles. The van der Waals surface area contributed by atoms with E-state index in [9.17, 15) is 19.5 Å². The Hall–Kier alpha value is -1.63. The third-order valence-corrected chi connectivity index (χ3v) is 3.97. The number of hydrogen-bond donors (Lipinski definition) is 3. The molecule has 0 radical (unpaired) electrons. The van der Waals surface area contributed by atoms with Gasteiger partial charge >= 0.3 is 12.0 Å². The van der Waals surface area contributed by atoms with Crippen molar-refractivity contribution in [2.24, 2.45) is 0 Å². The number of carbonyl (C=O) groups excluding carboxylic acids is 2. The largest absolute Gasteiger partial charge is 0.480 e. The van der Waals surface area contributed by atoms with Crippen LogP contribution in [0, 0.1) is 0 Å². The lowest BCUT2D eigenvalue weighted by Gasteiger charge is -2.33. The predicted molar refractivity (Wildman–Crippen MR) is 77.9 cm³/mol. The smallest absolute Gasteiger partial charge is 0.323 e. The Labute approximate surface area is 125 Å². The Kier molecular flexibility index (Phi) is 6.14. The molecule has 120 valence electrons. The Bertz CT molecular complexity index is 403. The second-order valence-electron chi connectivity index (χ2n) is 5.88. The highest BCUT2D eigenvalue weighted by Crippen LogP contribution is 2.17. The Morgan fingerprint density at radius 2 is 1.81 bits per heavy atom. The number of nitrogens with one attached hydrogen (secondary N) is 2. The van der Waals surface area contributed by atoms with Crippen LogP contribution in [0.15, 0.2) is 0 Å². The van der Waals surface area contributed by atoms with Gasteiger partial charge in [0.2, 0.25) is 5.91 Å². The third kappa shape index (κ3) is 5.00. The summed E-state index contributed by atoms with van der Waals surface area (Å²) in [5, 5.41) is 14.2. The lowest BCUT2D eigenvalue weighted by Crippen LogP contribution is -2.55. The molecular formula is C14H25N3O4. The highest BCUT2D eigenvalue weighted by Gasteiger charge is 2.34. The van der Waals surface area contributed by atoms with Crippen LogP contribution in [0.1, 0.15) is 46.5 Å². The molecule has 7 nitrogen and oxygen atoms in total. The topological polar surface area (TPSA) is 98.7 Å². The number of carbonyl (C=O) groups is 3. The van der Waals surface area contributed by atoms with Gasteiger partial charge in [0, 0.05) is 6.04 Å². The maximum absolute atomic E-state index is 11.9. The van der Waals surface area contributed by atoms with Crippen LogP contribution >= 0.6 is 0 Å². The first kappa shape index (κ1) is 17.4. The van der Waals surface area contributed by atoms with Crippen molar-refractivity contribution in [1.29, 1.82) is 0 Å². The van der Waals surface area contributed by atoms with Gasteiger partial charge in [-0.2, -0.15) is 0 Å². The van der Waals surface area contributed by atoms with E-state index >= 15 is 0 Å². The minimum atomic E-state index is -1.16. The molecule has 1 fully saturated rings. The van der Waals surface area contributed by atoms with E-state index in [1.807, 2.05) is 0 Å². The van der Waals surface area contributed by atoms with Crippen molar-refractivity contribution >= 4 is 17.9 Å². The van der Waals surface area contributed by atoms with Crippen molar-refractivity contribution in [2.45, 2.75) is 58.0 Å². The van der Waals surface area contributed by atoms with Crippen LogP contribution in [0.5, 0.6) is 0 Å². The van der Waals surface area contributed by atoms with Crippen LogP contribution < -0.4 is 10.6 Å². The molecule has 1 aliphatic carbocycles. The highest BCUT2D eigenvalue weighted by atomic mass is 16.4. The maximum atomic E-state index is 11.9. The summed E-state index contributed by atoms with van der Waals surface area (Å²) in [4.78, 5) is 36.3. The number of aliphatic carboxylic acids is 1. The van der Waals surface area contributed by atoms with Gasteiger partial charge in [0.05, 0.1) is 6.54 Å². The van der Waals surface area contributed by atoms with Crippen molar-refractivity contribution in [3.05, 3.63) is 0 Å². The quantitative estimate of drug-likeness (QED) is 0.678. The van der Waals surface area contributed by atoms with Gasteiger partial charge < -0.3 is 10.4 Å². The molecule has 3 N–H and O–H groups in total. The van der Waals surface area contributed by atoms with Crippen LogP contribution in [-0.2, 0) is 9.59 Å². The summed E-state index contributed by atoms with van der Waals surface area (Å²) in [5.41, 5.74) is -1.16. The number of carboxylic acids is 1. The van der Waals surface area contributed by atoms with Gasteiger partial charge in [0.15, 0.2) is 0 Å². The first-order chi connectivity index (χ1) is 9.77. The van der Waals surface area contributed by atoms with Gasteiger partial charge in [-0.1, -0.05) is 19.8 Å². The van der Waals surface area contributed by atoms with Crippen molar-refractivity contribution < 1.29 is 19.5 Å². The van der Waals surface area contributed by atoms with Crippen molar-refractivity contribution in [1.82, 2.24) is 15.5 Å². The predicted octanol–water partition coefficient (Wildman–Crippen LogP) is 0.940. The minimum absolute atomic E-state index is 0.131. The number of urea groups is 1. The SMILES string of the molecule is CCN(CC(=O)NC(=O)NC1CCCC1)C(C)(C)C(=O)O. The van der Waals surface area contributed by atoms with E-state index in [4.69, 9.17) is 0 Å². The molecular weight excluding hydrogens is 274 g/mol. The van der Waals surface area contributed by atoms with Crippen LogP contribution in [-0.4, -0.2) is 52.6 Å². The fraction of sp³-hybridized carbons (Fsp3) is 0.786. The lowest BCUT2D eigenvalue weighted by atomic mass is 10.0. The summed E-state index contributed by atoms with van der Waals surface area (Å²) in [6.07, 6.45) is 4.06. The number of carboxylic acid groups (broad SMARTS) is 1. The second kappa shape index (κ2) is 7.40. The molecule has 0 heterocycles. The van der Waals surface area contributed by atoms with Crippen molar-refractivity contribution in [3.63, 3.8) is 0 Å². The first-order valence-electron chi connectivity index (χ1n) is 7.36. The van der Waals surface area contributed by atoms with Gasteiger partial charge in [-0.25, -0.2) is 4.79 Å². The molecule has 1 rings (SSSR count). The van der Waals surface area contributed by atoms with E-state index in [1.54, 1.807) is 6.92 Å². The van der Waals surface area contributed by atoms with E-state index in [1.165, 1.54) is 18.7 Å². The number of likely N-dealkylation sites (N-methyl/N-ethyl adjacent to an activating group) is 1. The number of amides is 3. The average Bonchev–Trinajstić information content (AvgIpc) is 2.87. The molecule has 0 aromatic carbocycles. The normalized spacial score (nSPS) is 16.0. The van der Waals surface area contributed by atoms with Gasteiger partial charge in [-0.15, -0.1) is 0 Å². The summed E-state index contributed by atoms with van der Waals surface area (Å²) in [5.74, 6) is -1.51. The summed E-state index contributed by atoms with van der Waals surface area (Å²) in [6, 6.07) is -0.369. The second-order valence-corrected chi connectivity index (χ2v) is 5.88. The van der Waals surface area contributed by atoms with Crippen LogP contribution in [0.3, 0.4) is 0 Å². The molecule has 0 aromatic rings.